The Hall–Kier alpha value is -2.75. The zero-order chi connectivity index (χ0) is 19.2. The number of hydrogen-bond donors (Lipinski definition) is 0. The van der Waals surface area contributed by atoms with Gasteiger partial charge in [0, 0.05) is 44.9 Å². The summed E-state index contributed by atoms with van der Waals surface area (Å²) in [6, 6.07) is 3.09. The molecular weight excluding hydrogens is 350 g/mol. The second kappa shape index (κ2) is 8.76. The third kappa shape index (κ3) is 4.51. The van der Waals surface area contributed by atoms with Gasteiger partial charge < -0.3 is 19.3 Å². The van der Waals surface area contributed by atoms with Crippen LogP contribution in [-0.2, 0) is 11.3 Å². The normalized spacial score (nSPS) is 14.3. The Morgan fingerprint density at radius 3 is 2.52 bits per heavy atom. The van der Waals surface area contributed by atoms with Crippen LogP contribution in [0, 0.1) is 0 Å². The van der Waals surface area contributed by atoms with Gasteiger partial charge in [0.2, 0.25) is 17.8 Å². The molecule has 10 heteroatoms. The minimum Gasteiger partial charge on any atom is -0.403 e. The lowest BCUT2D eigenvalue weighted by Crippen LogP contribution is -2.38. The van der Waals surface area contributed by atoms with E-state index in [-0.39, 0.29) is 17.4 Å². The second-order valence-electron chi connectivity index (χ2n) is 5.92. The first kappa shape index (κ1) is 19.0. The summed E-state index contributed by atoms with van der Waals surface area (Å²) in [7, 11) is 0. The standard InChI is InChI=1S/C17H25N7O3/c1-4-22(5-2)15-18-16(23-9-11-26-12-10-23)20-17(19-15)27-13-7-8-14(25)24(6-3)21-13/h7-8H,4-6,9-12H2,1-3H3. The molecule has 0 spiro atoms. The Balaban J connectivity index is 1.95. The van der Waals surface area contributed by atoms with Crippen LogP contribution in [0.5, 0.6) is 11.9 Å². The van der Waals surface area contributed by atoms with Gasteiger partial charge in [-0.25, -0.2) is 4.68 Å². The Morgan fingerprint density at radius 2 is 1.85 bits per heavy atom. The van der Waals surface area contributed by atoms with Crippen molar-refractivity contribution >= 4 is 11.9 Å². The maximum atomic E-state index is 11.7. The van der Waals surface area contributed by atoms with Crippen molar-refractivity contribution in [3.63, 3.8) is 0 Å². The maximum absolute atomic E-state index is 11.7. The quantitative estimate of drug-likeness (QED) is 0.699. The van der Waals surface area contributed by atoms with Crippen molar-refractivity contribution in [3.05, 3.63) is 22.5 Å². The fourth-order valence-electron chi connectivity index (χ4n) is 2.74. The molecule has 0 radical (unpaired) electrons. The Labute approximate surface area is 157 Å². The van der Waals surface area contributed by atoms with Crippen LogP contribution in [0.25, 0.3) is 0 Å². The van der Waals surface area contributed by atoms with Crippen LogP contribution in [0.15, 0.2) is 16.9 Å². The molecule has 0 atom stereocenters. The van der Waals surface area contributed by atoms with Crippen LogP contribution in [0.4, 0.5) is 11.9 Å². The van der Waals surface area contributed by atoms with Crippen LogP contribution < -0.4 is 20.1 Å². The summed E-state index contributed by atoms with van der Waals surface area (Å²) >= 11 is 0. The molecule has 0 aliphatic carbocycles. The molecule has 1 aliphatic rings. The van der Waals surface area contributed by atoms with E-state index in [2.05, 4.69) is 20.1 Å². The Bertz CT molecular complexity index is 816. The number of nitrogens with zero attached hydrogens (tertiary/aromatic N) is 7. The van der Waals surface area contributed by atoms with Gasteiger partial charge in [0.1, 0.15) is 0 Å². The largest absolute Gasteiger partial charge is 0.403 e. The first-order chi connectivity index (χ1) is 13.1. The summed E-state index contributed by atoms with van der Waals surface area (Å²) in [5, 5.41) is 4.18. The molecule has 1 saturated heterocycles. The molecule has 3 rings (SSSR count). The van der Waals surface area contributed by atoms with Gasteiger partial charge in [-0.05, 0) is 20.8 Å². The Morgan fingerprint density at radius 1 is 1.11 bits per heavy atom. The van der Waals surface area contributed by atoms with Crippen LogP contribution in [0.3, 0.4) is 0 Å². The van der Waals surface area contributed by atoms with E-state index in [4.69, 9.17) is 9.47 Å². The maximum Gasteiger partial charge on any atom is 0.330 e. The summed E-state index contributed by atoms with van der Waals surface area (Å²) in [6.45, 7) is 10.6. The fraction of sp³-hybridized carbons (Fsp3) is 0.588. The van der Waals surface area contributed by atoms with Gasteiger partial charge in [0.05, 0.1) is 13.2 Å². The van der Waals surface area contributed by atoms with Gasteiger partial charge in [-0.15, -0.1) is 5.10 Å². The van der Waals surface area contributed by atoms with Crippen molar-refractivity contribution in [3.8, 4) is 11.9 Å². The van der Waals surface area contributed by atoms with Crippen LogP contribution in [-0.4, -0.2) is 64.1 Å². The minimum absolute atomic E-state index is 0.155. The van der Waals surface area contributed by atoms with Gasteiger partial charge in [-0.1, -0.05) is 0 Å². The molecule has 146 valence electrons. The van der Waals surface area contributed by atoms with Gasteiger partial charge in [-0.3, -0.25) is 4.79 Å². The zero-order valence-corrected chi connectivity index (χ0v) is 16.0. The molecule has 0 aromatic carbocycles. The average Bonchev–Trinajstić information content (AvgIpc) is 2.71. The smallest absolute Gasteiger partial charge is 0.330 e. The van der Waals surface area contributed by atoms with E-state index < -0.39 is 0 Å². The molecule has 0 bridgehead atoms. The van der Waals surface area contributed by atoms with Crippen LogP contribution in [0.2, 0.25) is 0 Å². The fourth-order valence-corrected chi connectivity index (χ4v) is 2.74. The summed E-state index contributed by atoms with van der Waals surface area (Å²) in [6.07, 6.45) is 0. The van der Waals surface area contributed by atoms with E-state index in [1.165, 1.54) is 16.8 Å². The first-order valence-corrected chi connectivity index (χ1v) is 9.24. The van der Waals surface area contributed by atoms with Gasteiger partial charge in [0.15, 0.2) is 0 Å². The molecule has 0 N–H and O–H groups in total. The molecule has 0 unspecified atom stereocenters. The lowest BCUT2D eigenvalue weighted by atomic mass is 10.4. The summed E-state index contributed by atoms with van der Waals surface area (Å²) in [4.78, 5) is 29.3. The van der Waals surface area contributed by atoms with E-state index >= 15 is 0 Å². The molecule has 2 aromatic heterocycles. The number of ether oxygens (including phenoxy) is 2. The summed E-state index contributed by atoms with van der Waals surface area (Å²) in [5.74, 6) is 1.37. The molecule has 0 amide bonds. The molecule has 10 nitrogen and oxygen atoms in total. The number of rotatable bonds is 7. The van der Waals surface area contributed by atoms with Gasteiger partial charge >= 0.3 is 6.01 Å². The highest BCUT2D eigenvalue weighted by Gasteiger charge is 2.19. The number of aromatic nitrogens is 5. The average molecular weight is 375 g/mol. The molecule has 1 aliphatic heterocycles. The van der Waals surface area contributed by atoms with Crippen molar-refractivity contribution in [2.75, 3.05) is 49.2 Å². The monoisotopic (exact) mass is 375 g/mol. The van der Waals surface area contributed by atoms with E-state index in [0.29, 0.717) is 44.7 Å². The number of aryl methyl sites for hydroxylation is 1. The zero-order valence-electron chi connectivity index (χ0n) is 16.0. The van der Waals surface area contributed by atoms with Crippen LogP contribution in [0.1, 0.15) is 20.8 Å². The topological polar surface area (TPSA) is 98.5 Å². The first-order valence-electron chi connectivity index (χ1n) is 9.24. The highest BCUT2D eigenvalue weighted by Crippen LogP contribution is 2.21. The van der Waals surface area contributed by atoms with E-state index in [0.717, 1.165) is 13.1 Å². The lowest BCUT2D eigenvalue weighted by Gasteiger charge is -2.28. The van der Waals surface area contributed by atoms with E-state index in [9.17, 15) is 4.79 Å². The molecule has 0 saturated carbocycles. The summed E-state index contributed by atoms with van der Waals surface area (Å²) < 4.78 is 12.5. The number of hydrogen-bond acceptors (Lipinski definition) is 9. The van der Waals surface area contributed by atoms with Crippen molar-refractivity contribution in [2.24, 2.45) is 0 Å². The highest BCUT2D eigenvalue weighted by molar-refractivity contribution is 5.41. The van der Waals surface area contributed by atoms with Crippen LogP contribution >= 0.6 is 0 Å². The highest BCUT2D eigenvalue weighted by atomic mass is 16.5. The predicted molar refractivity (Wildman–Crippen MR) is 101 cm³/mol. The molecule has 3 heterocycles. The van der Waals surface area contributed by atoms with Crippen molar-refractivity contribution < 1.29 is 9.47 Å². The summed E-state index contributed by atoms with van der Waals surface area (Å²) in [5.41, 5.74) is -0.182. The van der Waals surface area contributed by atoms with Gasteiger partial charge in [-0.2, -0.15) is 15.0 Å². The molecular formula is C17H25N7O3. The number of morpholine rings is 1. The molecule has 1 fully saturated rings. The van der Waals surface area contributed by atoms with Gasteiger partial charge in [0.25, 0.3) is 5.56 Å². The third-order valence-electron chi connectivity index (χ3n) is 4.27. The van der Waals surface area contributed by atoms with E-state index in [1.54, 1.807) is 0 Å². The molecule has 2 aromatic rings. The van der Waals surface area contributed by atoms with Crippen molar-refractivity contribution in [2.45, 2.75) is 27.3 Å². The van der Waals surface area contributed by atoms with E-state index in [1.807, 2.05) is 30.6 Å². The number of anilines is 2. The lowest BCUT2D eigenvalue weighted by molar-refractivity contribution is 0.122. The molecule has 27 heavy (non-hydrogen) atoms. The third-order valence-corrected chi connectivity index (χ3v) is 4.27. The minimum atomic E-state index is -0.182. The Kier molecular flexibility index (Phi) is 6.17. The predicted octanol–water partition coefficient (Wildman–Crippen LogP) is 0.923. The van der Waals surface area contributed by atoms with Crippen molar-refractivity contribution in [1.82, 2.24) is 24.7 Å². The second-order valence-corrected chi connectivity index (χ2v) is 5.92. The van der Waals surface area contributed by atoms with Crippen molar-refractivity contribution in [1.29, 1.82) is 0 Å². The SMILES string of the molecule is CCN(CC)c1nc(Oc2ccc(=O)n(CC)n2)nc(N2CCOCC2)n1.